The van der Waals surface area contributed by atoms with Crippen LogP contribution in [0, 0.1) is 13.8 Å². The molecule has 0 aliphatic carbocycles. The number of hydrogen-bond acceptors (Lipinski definition) is 5. The van der Waals surface area contributed by atoms with Gasteiger partial charge in [-0.05, 0) is 49.1 Å². The maximum Gasteiger partial charge on any atom is 0.176 e. The first-order valence-corrected chi connectivity index (χ1v) is 8.27. The number of nitrogen functional groups attached to an aromatic ring is 1. The second kappa shape index (κ2) is 6.48. The standard InChI is InChI=1S/C10H11NO.C8H8N2S/c1-7-2-3-8-5-11-6-10(12)9(8)4-7;1-5-2-3-7-6(4-5)8(9)10-11-7/h2-4,11H,5-6H2,1H3;2-4H,1H3,(H2,9,10). The number of fused-ring (bicyclic) bond motifs is 2. The number of carbonyl (C=O) groups is 1. The molecular weight excluding hydrogens is 306 g/mol. The summed E-state index contributed by atoms with van der Waals surface area (Å²) in [5.74, 6) is 0.855. The number of ketones is 1. The van der Waals surface area contributed by atoms with E-state index in [9.17, 15) is 4.79 Å². The van der Waals surface area contributed by atoms with Crippen LogP contribution in [-0.4, -0.2) is 16.7 Å². The number of carbonyl (C=O) groups excluding carboxylic acids is 1. The first-order valence-electron chi connectivity index (χ1n) is 7.49. The Morgan fingerprint density at radius 1 is 1.09 bits per heavy atom. The van der Waals surface area contributed by atoms with Crippen LogP contribution >= 0.6 is 11.5 Å². The van der Waals surface area contributed by atoms with Crippen LogP contribution in [0.1, 0.15) is 27.0 Å². The van der Waals surface area contributed by atoms with Crippen LogP contribution in [0.4, 0.5) is 5.82 Å². The summed E-state index contributed by atoms with van der Waals surface area (Å²) < 4.78 is 5.22. The van der Waals surface area contributed by atoms with Gasteiger partial charge in [0.15, 0.2) is 5.78 Å². The normalized spacial score (nSPS) is 13.4. The van der Waals surface area contributed by atoms with Crippen molar-refractivity contribution in [1.82, 2.24) is 9.69 Å². The number of aryl methyl sites for hydroxylation is 2. The lowest BCUT2D eigenvalue weighted by Gasteiger charge is -2.15. The van der Waals surface area contributed by atoms with Crippen LogP contribution in [0.15, 0.2) is 36.4 Å². The molecule has 5 heteroatoms. The van der Waals surface area contributed by atoms with E-state index < -0.39 is 0 Å². The van der Waals surface area contributed by atoms with Crippen molar-refractivity contribution in [3.8, 4) is 0 Å². The van der Waals surface area contributed by atoms with E-state index in [0.29, 0.717) is 12.4 Å². The van der Waals surface area contributed by atoms with Crippen LogP contribution < -0.4 is 11.1 Å². The third-order valence-corrected chi connectivity index (χ3v) is 4.66. The molecule has 0 spiro atoms. The SMILES string of the molecule is Cc1ccc2c(c1)C(=O)CNC2.Cc1ccc2snc(N)c2c1. The highest BCUT2D eigenvalue weighted by Crippen LogP contribution is 2.24. The summed E-state index contributed by atoms with van der Waals surface area (Å²) in [4.78, 5) is 11.4. The molecule has 1 aromatic heterocycles. The molecule has 0 unspecified atom stereocenters. The van der Waals surface area contributed by atoms with Crippen molar-refractivity contribution in [3.05, 3.63) is 58.7 Å². The van der Waals surface area contributed by atoms with E-state index in [1.54, 1.807) is 0 Å². The largest absolute Gasteiger partial charge is 0.382 e. The molecule has 3 N–H and O–H groups in total. The Labute approximate surface area is 139 Å². The predicted molar refractivity (Wildman–Crippen MR) is 96.0 cm³/mol. The minimum atomic E-state index is 0.208. The molecule has 3 aromatic rings. The zero-order valence-electron chi connectivity index (χ0n) is 13.2. The van der Waals surface area contributed by atoms with Gasteiger partial charge < -0.3 is 11.1 Å². The first-order chi connectivity index (χ1) is 11.0. The highest BCUT2D eigenvalue weighted by Gasteiger charge is 2.15. The molecule has 0 fully saturated rings. The second-order valence-electron chi connectivity index (χ2n) is 5.75. The number of nitrogens with one attached hydrogen (secondary N) is 1. The van der Waals surface area contributed by atoms with Crippen LogP contribution in [0.5, 0.6) is 0 Å². The zero-order valence-corrected chi connectivity index (χ0v) is 14.0. The van der Waals surface area contributed by atoms with E-state index in [1.807, 2.05) is 25.1 Å². The van der Waals surface area contributed by atoms with Gasteiger partial charge in [0.1, 0.15) is 5.82 Å². The van der Waals surface area contributed by atoms with Gasteiger partial charge in [0, 0.05) is 17.5 Å². The lowest BCUT2D eigenvalue weighted by Crippen LogP contribution is -2.29. The van der Waals surface area contributed by atoms with Gasteiger partial charge in [-0.25, -0.2) is 0 Å². The highest BCUT2D eigenvalue weighted by molar-refractivity contribution is 7.13. The quantitative estimate of drug-likeness (QED) is 0.664. The molecule has 23 heavy (non-hydrogen) atoms. The molecule has 0 bridgehead atoms. The topological polar surface area (TPSA) is 68.0 Å². The van der Waals surface area contributed by atoms with Crippen molar-refractivity contribution in [2.45, 2.75) is 20.4 Å². The van der Waals surface area contributed by atoms with Crippen molar-refractivity contribution in [2.75, 3.05) is 12.3 Å². The Bertz CT molecular complexity index is 870. The Balaban J connectivity index is 0.000000136. The van der Waals surface area contributed by atoms with Crippen LogP contribution in [0.3, 0.4) is 0 Å². The fourth-order valence-electron chi connectivity index (χ4n) is 2.58. The maximum atomic E-state index is 11.4. The second-order valence-corrected chi connectivity index (χ2v) is 6.56. The number of benzene rings is 2. The summed E-state index contributed by atoms with van der Waals surface area (Å²) in [6.07, 6.45) is 0. The lowest BCUT2D eigenvalue weighted by molar-refractivity contribution is 0.0982. The molecule has 0 saturated carbocycles. The van der Waals surface area contributed by atoms with Crippen LogP contribution in [0.25, 0.3) is 10.1 Å². The minimum absolute atomic E-state index is 0.208. The van der Waals surface area contributed by atoms with Gasteiger partial charge in [-0.15, -0.1) is 0 Å². The van der Waals surface area contributed by atoms with Gasteiger partial charge in [-0.3, -0.25) is 4.79 Å². The Hall–Kier alpha value is -2.24. The van der Waals surface area contributed by atoms with Crippen molar-refractivity contribution in [3.63, 3.8) is 0 Å². The Morgan fingerprint density at radius 3 is 2.65 bits per heavy atom. The predicted octanol–water partition coefficient (Wildman–Crippen LogP) is 3.47. The number of Topliss-reactive ketones (excluding diaryl/α,β-unsaturated/α-hetero) is 1. The summed E-state index contributed by atoms with van der Waals surface area (Å²) >= 11 is 1.45. The fraction of sp³-hybridized carbons (Fsp3) is 0.222. The van der Waals surface area contributed by atoms with E-state index in [2.05, 4.69) is 34.8 Å². The molecule has 2 heterocycles. The van der Waals surface area contributed by atoms with E-state index in [1.165, 1.54) is 17.1 Å². The molecule has 2 aromatic carbocycles. The molecule has 0 atom stereocenters. The smallest absolute Gasteiger partial charge is 0.176 e. The maximum absolute atomic E-state index is 11.4. The molecular formula is C18H19N3OS. The van der Waals surface area contributed by atoms with Gasteiger partial charge in [-0.1, -0.05) is 29.3 Å². The fourth-order valence-corrected chi connectivity index (χ4v) is 3.27. The molecule has 4 rings (SSSR count). The van der Waals surface area contributed by atoms with Gasteiger partial charge in [0.25, 0.3) is 0 Å². The first kappa shape index (κ1) is 15.6. The van der Waals surface area contributed by atoms with Gasteiger partial charge in [0.2, 0.25) is 0 Å². The summed E-state index contributed by atoms with van der Waals surface area (Å²) in [6.45, 7) is 5.37. The molecule has 1 aliphatic heterocycles. The molecule has 118 valence electrons. The number of rotatable bonds is 0. The van der Waals surface area contributed by atoms with Crippen molar-refractivity contribution in [2.24, 2.45) is 0 Å². The summed E-state index contributed by atoms with van der Waals surface area (Å²) in [6, 6.07) is 12.2. The summed E-state index contributed by atoms with van der Waals surface area (Å²) in [5.41, 5.74) is 10.0. The number of nitrogens with two attached hydrogens (primary N) is 1. The van der Waals surface area contributed by atoms with Crippen molar-refractivity contribution >= 4 is 33.2 Å². The van der Waals surface area contributed by atoms with Crippen LogP contribution in [-0.2, 0) is 6.54 Å². The molecule has 1 aliphatic rings. The number of aromatic nitrogens is 1. The Morgan fingerprint density at radius 2 is 1.83 bits per heavy atom. The molecule has 0 radical (unpaired) electrons. The average Bonchev–Trinajstić information content (AvgIpc) is 2.90. The van der Waals surface area contributed by atoms with E-state index in [4.69, 9.17) is 5.73 Å². The van der Waals surface area contributed by atoms with Gasteiger partial charge in [-0.2, -0.15) is 4.37 Å². The van der Waals surface area contributed by atoms with Gasteiger partial charge in [0.05, 0.1) is 11.2 Å². The van der Waals surface area contributed by atoms with Crippen molar-refractivity contribution < 1.29 is 4.79 Å². The number of nitrogens with zero attached hydrogens (tertiary/aromatic N) is 1. The molecule has 0 amide bonds. The average molecular weight is 325 g/mol. The zero-order chi connectivity index (χ0) is 16.4. The van der Waals surface area contributed by atoms with Crippen LogP contribution in [0.2, 0.25) is 0 Å². The number of hydrogen-bond donors (Lipinski definition) is 2. The van der Waals surface area contributed by atoms with E-state index in [0.717, 1.165) is 33.3 Å². The van der Waals surface area contributed by atoms with E-state index >= 15 is 0 Å². The summed E-state index contributed by atoms with van der Waals surface area (Å²) in [7, 11) is 0. The minimum Gasteiger partial charge on any atom is -0.382 e. The van der Waals surface area contributed by atoms with E-state index in [-0.39, 0.29) is 5.78 Å². The summed E-state index contributed by atoms with van der Waals surface area (Å²) in [5, 5.41) is 4.14. The number of anilines is 1. The van der Waals surface area contributed by atoms with Gasteiger partial charge >= 0.3 is 0 Å². The lowest BCUT2D eigenvalue weighted by atomic mass is 9.98. The third-order valence-electron chi connectivity index (χ3n) is 3.82. The molecule has 0 saturated heterocycles. The monoisotopic (exact) mass is 325 g/mol. The Kier molecular flexibility index (Phi) is 4.41. The van der Waals surface area contributed by atoms with Crippen molar-refractivity contribution in [1.29, 1.82) is 0 Å². The molecule has 4 nitrogen and oxygen atoms in total. The third kappa shape index (κ3) is 3.41. The highest BCUT2D eigenvalue weighted by atomic mass is 32.1.